The maximum absolute atomic E-state index is 10.4. The Balaban J connectivity index is 2.95. The van der Waals surface area contributed by atoms with Crippen LogP contribution in [0.2, 0.25) is 0 Å². The second-order valence-electron chi connectivity index (χ2n) is 2.96. The van der Waals surface area contributed by atoms with Crippen LogP contribution in [-0.2, 0) is 0 Å². The number of nitrogens with two attached hydrogens (primary N) is 1. The van der Waals surface area contributed by atoms with Gasteiger partial charge in [-0.2, -0.15) is 0 Å². The van der Waals surface area contributed by atoms with Crippen LogP contribution < -0.4 is 5.73 Å². The summed E-state index contributed by atoms with van der Waals surface area (Å²) >= 11 is 0. The molecule has 2 N–H and O–H groups in total. The zero-order chi connectivity index (χ0) is 11.3. The van der Waals surface area contributed by atoms with Crippen molar-refractivity contribution >= 4 is 5.69 Å². The van der Waals surface area contributed by atoms with Crippen LogP contribution in [0.25, 0.3) is 0 Å². The molecular weight excluding hydrogens is 194 g/mol. The van der Waals surface area contributed by atoms with E-state index in [1.54, 1.807) is 6.92 Å². The highest BCUT2D eigenvalue weighted by molar-refractivity contribution is 5.41. The number of pyridine rings is 1. The second kappa shape index (κ2) is 5.08. The minimum atomic E-state index is -0.475. The first-order chi connectivity index (χ1) is 7.15. The van der Waals surface area contributed by atoms with Crippen molar-refractivity contribution in [2.45, 2.75) is 13.3 Å². The minimum Gasteiger partial charge on any atom is -0.330 e. The molecule has 0 unspecified atom stereocenters. The number of aryl methyl sites for hydroxylation is 1. The first-order valence-electron chi connectivity index (χ1n) is 4.45. The summed E-state index contributed by atoms with van der Waals surface area (Å²) < 4.78 is 0. The highest BCUT2D eigenvalue weighted by Crippen LogP contribution is 2.13. The smallest absolute Gasteiger partial charge is 0.287 e. The van der Waals surface area contributed by atoms with Crippen molar-refractivity contribution in [2.75, 3.05) is 6.54 Å². The SMILES string of the molecule is Cc1cc([N+](=O)[O-])cnc1C#CCCN. The molecule has 0 atom stereocenters. The van der Waals surface area contributed by atoms with Crippen LogP contribution in [0.1, 0.15) is 17.7 Å². The number of aromatic nitrogens is 1. The van der Waals surface area contributed by atoms with Gasteiger partial charge in [-0.1, -0.05) is 5.92 Å². The fraction of sp³-hybridized carbons (Fsp3) is 0.300. The molecule has 0 aromatic carbocycles. The molecule has 0 radical (unpaired) electrons. The van der Waals surface area contributed by atoms with E-state index in [4.69, 9.17) is 5.73 Å². The van der Waals surface area contributed by atoms with Gasteiger partial charge in [0.15, 0.2) is 0 Å². The minimum absolute atomic E-state index is 0.0168. The predicted molar refractivity (Wildman–Crippen MR) is 56.2 cm³/mol. The van der Waals surface area contributed by atoms with Crippen LogP contribution in [0.15, 0.2) is 12.3 Å². The number of hydrogen-bond donors (Lipinski definition) is 1. The molecule has 0 bridgehead atoms. The molecule has 0 aliphatic heterocycles. The third-order valence-electron chi connectivity index (χ3n) is 1.75. The van der Waals surface area contributed by atoms with E-state index in [9.17, 15) is 10.1 Å². The molecule has 15 heavy (non-hydrogen) atoms. The summed E-state index contributed by atoms with van der Waals surface area (Å²) in [5.74, 6) is 5.65. The Morgan fingerprint density at radius 1 is 1.67 bits per heavy atom. The Bertz CT molecular complexity index is 432. The van der Waals surface area contributed by atoms with Crippen molar-refractivity contribution in [3.05, 3.63) is 33.6 Å². The van der Waals surface area contributed by atoms with Crippen molar-refractivity contribution in [3.8, 4) is 11.8 Å². The highest BCUT2D eigenvalue weighted by Gasteiger charge is 2.07. The number of nitro groups is 1. The lowest BCUT2D eigenvalue weighted by atomic mass is 10.2. The molecule has 5 nitrogen and oxygen atoms in total. The third-order valence-corrected chi connectivity index (χ3v) is 1.75. The standard InChI is InChI=1S/C10H11N3O2/c1-8-6-9(13(14)15)7-12-10(8)4-2-3-5-11/h6-7H,3,5,11H2,1H3. The van der Waals surface area contributed by atoms with Crippen LogP contribution in [-0.4, -0.2) is 16.5 Å². The van der Waals surface area contributed by atoms with Gasteiger partial charge in [0.25, 0.3) is 5.69 Å². The van der Waals surface area contributed by atoms with E-state index in [0.29, 0.717) is 24.2 Å². The normalized spacial score (nSPS) is 9.20. The van der Waals surface area contributed by atoms with E-state index in [2.05, 4.69) is 16.8 Å². The fourth-order valence-electron chi connectivity index (χ4n) is 1.01. The first-order valence-corrected chi connectivity index (χ1v) is 4.45. The van der Waals surface area contributed by atoms with E-state index in [-0.39, 0.29) is 5.69 Å². The summed E-state index contributed by atoms with van der Waals surface area (Å²) in [4.78, 5) is 13.9. The summed E-state index contributed by atoms with van der Waals surface area (Å²) in [6, 6.07) is 1.46. The van der Waals surface area contributed by atoms with Crippen molar-refractivity contribution in [1.29, 1.82) is 0 Å². The highest BCUT2D eigenvalue weighted by atomic mass is 16.6. The van der Waals surface area contributed by atoms with Gasteiger partial charge in [-0.15, -0.1) is 0 Å². The van der Waals surface area contributed by atoms with Crippen LogP contribution in [0.3, 0.4) is 0 Å². The molecule has 0 saturated heterocycles. The van der Waals surface area contributed by atoms with Gasteiger partial charge in [-0.25, -0.2) is 4.98 Å². The molecular formula is C10H11N3O2. The third kappa shape index (κ3) is 3.04. The zero-order valence-electron chi connectivity index (χ0n) is 8.36. The predicted octanol–water partition coefficient (Wildman–Crippen LogP) is 0.999. The quantitative estimate of drug-likeness (QED) is 0.443. The van der Waals surface area contributed by atoms with Crippen LogP contribution in [0.5, 0.6) is 0 Å². The van der Waals surface area contributed by atoms with Gasteiger partial charge >= 0.3 is 0 Å². The van der Waals surface area contributed by atoms with Gasteiger partial charge in [0, 0.05) is 19.0 Å². The maximum atomic E-state index is 10.4. The molecule has 1 aromatic heterocycles. The lowest BCUT2D eigenvalue weighted by molar-refractivity contribution is -0.385. The average Bonchev–Trinajstić information content (AvgIpc) is 2.20. The lowest BCUT2D eigenvalue weighted by Crippen LogP contribution is -1.96. The summed E-state index contributed by atoms with van der Waals surface area (Å²) in [5, 5.41) is 10.4. The zero-order valence-corrected chi connectivity index (χ0v) is 8.36. The average molecular weight is 205 g/mol. The Hall–Kier alpha value is -1.93. The maximum Gasteiger partial charge on any atom is 0.287 e. The lowest BCUT2D eigenvalue weighted by Gasteiger charge is -1.96. The van der Waals surface area contributed by atoms with E-state index >= 15 is 0 Å². The van der Waals surface area contributed by atoms with E-state index < -0.39 is 4.92 Å². The molecule has 0 spiro atoms. The molecule has 1 aromatic rings. The summed E-state index contributed by atoms with van der Waals surface area (Å²) in [5.41, 5.74) is 6.53. The fourth-order valence-corrected chi connectivity index (χ4v) is 1.01. The Morgan fingerprint density at radius 3 is 2.93 bits per heavy atom. The number of rotatable bonds is 2. The molecule has 5 heteroatoms. The topological polar surface area (TPSA) is 82.0 Å². The van der Waals surface area contributed by atoms with Gasteiger partial charge in [-0.3, -0.25) is 10.1 Å². The Kier molecular flexibility index (Phi) is 3.77. The van der Waals surface area contributed by atoms with Crippen LogP contribution in [0, 0.1) is 28.9 Å². The van der Waals surface area contributed by atoms with Gasteiger partial charge in [0.05, 0.1) is 4.92 Å². The van der Waals surface area contributed by atoms with Gasteiger partial charge in [-0.05, 0) is 18.4 Å². The summed E-state index contributed by atoms with van der Waals surface area (Å²) in [6.07, 6.45) is 1.80. The van der Waals surface area contributed by atoms with Crippen molar-refractivity contribution < 1.29 is 4.92 Å². The molecule has 1 rings (SSSR count). The van der Waals surface area contributed by atoms with E-state index in [0.717, 1.165) is 0 Å². The number of hydrogen-bond acceptors (Lipinski definition) is 4. The second-order valence-corrected chi connectivity index (χ2v) is 2.96. The van der Waals surface area contributed by atoms with E-state index in [1.165, 1.54) is 12.3 Å². The monoisotopic (exact) mass is 205 g/mol. The Morgan fingerprint density at radius 2 is 2.40 bits per heavy atom. The summed E-state index contributed by atoms with van der Waals surface area (Å²) in [6.45, 7) is 2.24. The molecule has 78 valence electrons. The molecule has 0 saturated carbocycles. The molecule has 0 amide bonds. The van der Waals surface area contributed by atoms with Gasteiger partial charge < -0.3 is 5.73 Å². The van der Waals surface area contributed by atoms with Gasteiger partial charge in [0.2, 0.25) is 0 Å². The van der Waals surface area contributed by atoms with Crippen LogP contribution >= 0.6 is 0 Å². The summed E-state index contributed by atoms with van der Waals surface area (Å²) in [7, 11) is 0. The molecule has 0 aliphatic carbocycles. The first kappa shape index (κ1) is 11.1. The number of nitrogens with zero attached hydrogens (tertiary/aromatic N) is 2. The van der Waals surface area contributed by atoms with Crippen molar-refractivity contribution in [3.63, 3.8) is 0 Å². The largest absolute Gasteiger partial charge is 0.330 e. The van der Waals surface area contributed by atoms with Crippen molar-refractivity contribution in [1.82, 2.24) is 4.98 Å². The molecule has 0 fully saturated rings. The molecule has 0 aliphatic rings. The van der Waals surface area contributed by atoms with Crippen LogP contribution in [0.4, 0.5) is 5.69 Å². The Labute approximate surface area is 87.5 Å². The van der Waals surface area contributed by atoms with Gasteiger partial charge in [0.1, 0.15) is 11.9 Å². The van der Waals surface area contributed by atoms with E-state index in [1.807, 2.05) is 0 Å². The van der Waals surface area contributed by atoms with Crippen molar-refractivity contribution in [2.24, 2.45) is 5.73 Å². The molecule has 1 heterocycles.